The molecule has 1 aromatic rings. The van der Waals surface area contributed by atoms with E-state index in [1.807, 2.05) is 0 Å². The normalized spacial score (nSPS) is 18.3. The summed E-state index contributed by atoms with van der Waals surface area (Å²) in [6.07, 6.45) is 5.93. The molecule has 0 aliphatic carbocycles. The Bertz CT molecular complexity index is 589. The number of amides is 1. The molecular weight excluding hydrogens is 306 g/mol. The van der Waals surface area contributed by atoms with Crippen molar-refractivity contribution in [3.05, 3.63) is 39.4 Å². The Hall–Kier alpha value is -1.95. The largest absolute Gasteiger partial charge is 0.352 e. The fourth-order valence-electron chi connectivity index (χ4n) is 3.35. The van der Waals surface area contributed by atoms with E-state index >= 15 is 0 Å². The van der Waals surface area contributed by atoms with Gasteiger partial charge in [-0.15, -0.1) is 0 Å². The second kappa shape index (κ2) is 8.78. The molecule has 1 saturated heterocycles. The molecule has 2 rings (SSSR count). The maximum atomic E-state index is 12.2. The third kappa shape index (κ3) is 4.77. The van der Waals surface area contributed by atoms with Crippen molar-refractivity contribution in [3.8, 4) is 0 Å². The van der Waals surface area contributed by atoms with Crippen LogP contribution in [0.1, 0.15) is 54.9 Å². The molecule has 0 saturated carbocycles. The van der Waals surface area contributed by atoms with Gasteiger partial charge < -0.3 is 10.2 Å². The molecule has 24 heavy (non-hydrogen) atoms. The standard InChI is InChI=1S/C18H27N3O3/c1-3-16-7-4-5-11-20(16)12-6-10-19-18(22)15-9-8-14(2)17(13-15)21(23)24/h8-9,13,16H,3-7,10-12H2,1-2H3,(H,19,22)/t16-/m1/s1. The maximum absolute atomic E-state index is 12.2. The zero-order valence-corrected chi connectivity index (χ0v) is 14.6. The Morgan fingerprint density at radius 2 is 2.21 bits per heavy atom. The summed E-state index contributed by atoms with van der Waals surface area (Å²) in [5.74, 6) is -0.246. The maximum Gasteiger partial charge on any atom is 0.273 e. The molecule has 6 heteroatoms. The number of piperidine rings is 1. The van der Waals surface area contributed by atoms with Crippen LogP contribution in [0, 0.1) is 17.0 Å². The first-order valence-electron chi connectivity index (χ1n) is 8.80. The van der Waals surface area contributed by atoms with Crippen LogP contribution in [0.5, 0.6) is 0 Å². The van der Waals surface area contributed by atoms with E-state index in [1.54, 1.807) is 19.1 Å². The van der Waals surface area contributed by atoms with E-state index in [0.29, 0.717) is 23.7 Å². The lowest BCUT2D eigenvalue weighted by Gasteiger charge is -2.35. The van der Waals surface area contributed by atoms with Gasteiger partial charge in [0.25, 0.3) is 11.6 Å². The first-order valence-corrected chi connectivity index (χ1v) is 8.80. The van der Waals surface area contributed by atoms with Crippen LogP contribution >= 0.6 is 0 Å². The average Bonchev–Trinajstić information content (AvgIpc) is 2.59. The molecule has 0 unspecified atom stereocenters. The number of nitrogens with zero attached hydrogens (tertiary/aromatic N) is 2. The predicted octanol–water partition coefficient (Wildman–Crippen LogP) is 3.29. The smallest absolute Gasteiger partial charge is 0.273 e. The number of nitro benzene ring substituents is 1. The molecule has 1 aromatic carbocycles. The number of carbonyl (C=O) groups is 1. The highest BCUT2D eigenvalue weighted by Gasteiger charge is 2.20. The highest BCUT2D eigenvalue weighted by Crippen LogP contribution is 2.20. The molecule has 6 nitrogen and oxygen atoms in total. The minimum absolute atomic E-state index is 0.0123. The quantitative estimate of drug-likeness (QED) is 0.472. The number of carbonyl (C=O) groups excluding carboxylic acids is 1. The molecule has 1 atom stereocenters. The van der Waals surface area contributed by atoms with Gasteiger partial charge in [-0.2, -0.15) is 0 Å². The van der Waals surface area contributed by atoms with E-state index in [9.17, 15) is 14.9 Å². The predicted molar refractivity (Wildman–Crippen MR) is 94.3 cm³/mol. The van der Waals surface area contributed by atoms with Crippen LogP contribution in [-0.2, 0) is 0 Å². The third-order valence-corrected chi connectivity index (χ3v) is 4.80. The van der Waals surface area contributed by atoms with Crippen molar-refractivity contribution in [2.75, 3.05) is 19.6 Å². The van der Waals surface area contributed by atoms with Gasteiger partial charge >= 0.3 is 0 Å². The summed E-state index contributed by atoms with van der Waals surface area (Å²) in [5.41, 5.74) is 0.894. The first-order chi connectivity index (χ1) is 11.5. The van der Waals surface area contributed by atoms with Crippen molar-refractivity contribution in [2.45, 2.75) is 52.0 Å². The zero-order valence-electron chi connectivity index (χ0n) is 14.6. The van der Waals surface area contributed by atoms with E-state index in [1.165, 1.54) is 31.7 Å². The van der Waals surface area contributed by atoms with Crippen LogP contribution in [-0.4, -0.2) is 41.4 Å². The average molecular weight is 333 g/mol. The summed E-state index contributed by atoms with van der Waals surface area (Å²) in [4.78, 5) is 25.2. The van der Waals surface area contributed by atoms with Crippen molar-refractivity contribution < 1.29 is 9.72 Å². The lowest BCUT2D eigenvalue weighted by molar-refractivity contribution is -0.385. The summed E-state index contributed by atoms with van der Waals surface area (Å²) < 4.78 is 0. The van der Waals surface area contributed by atoms with E-state index in [-0.39, 0.29) is 11.6 Å². The lowest BCUT2D eigenvalue weighted by Crippen LogP contribution is -2.40. The Labute approximate surface area is 143 Å². The Morgan fingerprint density at radius 1 is 1.42 bits per heavy atom. The molecule has 1 aliphatic heterocycles. The molecule has 0 radical (unpaired) electrons. The SMILES string of the molecule is CC[C@@H]1CCCCN1CCCNC(=O)c1ccc(C)c([N+](=O)[O-])c1. The van der Waals surface area contributed by atoms with Gasteiger partial charge in [0.15, 0.2) is 0 Å². The summed E-state index contributed by atoms with van der Waals surface area (Å²) >= 11 is 0. The Kier molecular flexibility index (Phi) is 6.73. The lowest BCUT2D eigenvalue weighted by atomic mass is 10.00. The van der Waals surface area contributed by atoms with Crippen LogP contribution in [0.4, 0.5) is 5.69 Å². The van der Waals surface area contributed by atoms with Crippen molar-refractivity contribution in [2.24, 2.45) is 0 Å². The minimum Gasteiger partial charge on any atom is -0.352 e. The van der Waals surface area contributed by atoms with Gasteiger partial charge in [0.1, 0.15) is 0 Å². The van der Waals surface area contributed by atoms with Crippen molar-refractivity contribution >= 4 is 11.6 Å². The van der Waals surface area contributed by atoms with Crippen LogP contribution < -0.4 is 5.32 Å². The Morgan fingerprint density at radius 3 is 2.92 bits per heavy atom. The molecule has 0 bridgehead atoms. The summed E-state index contributed by atoms with van der Waals surface area (Å²) in [5, 5.41) is 13.8. The molecule has 1 amide bonds. The zero-order chi connectivity index (χ0) is 17.5. The van der Waals surface area contributed by atoms with Crippen LogP contribution in [0.3, 0.4) is 0 Å². The number of likely N-dealkylation sites (tertiary alicyclic amines) is 1. The van der Waals surface area contributed by atoms with Gasteiger partial charge in [-0.3, -0.25) is 14.9 Å². The number of aryl methyl sites for hydroxylation is 1. The molecule has 0 spiro atoms. The van der Waals surface area contributed by atoms with Gasteiger partial charge in [0.05, 0.1) is 4.92 Å². The van der Waals surface area contributed by atoms with Gasteiger partial charge in [-0.1, -0.05) is 19.4 Å². The van der Waals surface area contributed by atoms with Crippen molar-refractivity contribution in [1.29, 1.82) is 0 Å². The number of rotatable bonds is 7. The van der Waals surface area contributed by atoms with E-state index in [0.717, 1.165) is 19.5 Å². The van der Waals surface area contributed by atoms with Crippen molar-refractivity contribution in [1.82, 2.24) is 10.2 Å². The molecular formula is C18H27N3O3. The fraction of sp³-hybridized carbons (Fsp3) is 0.611. The van der Waals surface area contributed by atoms with E-state index < -0.39 is 4.92 Å². The number of nitro groups is 1. The van der Waals surface area contributed by atoms with E-state index in [4.69, 9.17) is 0 Å². The van der Waals surface area contributed by atoms with Crippen molar-refractivity contribution in [3.63, 3.8) is 0 Å². The number of hydrogen-bond acceptors (Lipinski definition) is 4. The molecule has 1 fully saturated rings. The molecule has 1 heterocycles. The molecule has 1 N–H and O–H groups in total. The number of benzene rings is 1. The van der Waals surface area contributed by atoms with Crippen LogP contribution in [0.2, 0.25) is 0 Å². The second-order valence-corrected chi connectivity index (χ2v) is 6.46. The summed E-state index contributed by atoms with van der Waals surface area (Å²) in [6, 6.07) is 5.28. The summed E-state index contributed by atoms with van der Waals surface area (Å²) in [6.45, 7) is 6.63. The number of nitrogens with one attached hydrogen (secondary N) is 1. The fourth-order valence-corrected chi connectivity index (χ4v) is 3.35. The minimum atomic E-state index is -0.451. The monoisotopic (exact) mass is 333 g/mol. The van der Waals surface area contributed by atoms with Gasteiger partial charge in [-0.25, -0.2) is 0 Å². The first kappa shape index (κ1) is 18.4. The molecule has 132 valence electrons. The van der Waals surface area contributed by atoms with Gasteiger partial charge in [-0.05, 0) is 45.2 Å². The van der Waals surface area contributed by atoms with E-state index in [2.05, 4.69) is 17.1 Å². The Balaban J connectivity index is 1.81. The molecule has 1 aliphatic rings. The highest BCUT2D eigenvalue weighted by atomic mass is 16.6. The summed E-state index contributed by atoms with van der Waals surface area (Å²) in [7, 11) is 0. The number of hydrogen-bond donors (Lipinski definition) is 1. The topological polar surface area (TPSA) is 75.5 Å². The van der Waals surface area contributed by atoms with Crippen LogP contribution in [0.25, 0.3) is 0 Å². The van der Waals surface area contributed by atoms with Gasteiger partial charge in [0, 0.05) is 36.3 Å². The van der Waals surface area contributed by atoms with Gasteiger partial charge in [0.2, 0.25) is 0 Å². The second-order valence-electron chi connectivity index (χ2n) is 6.46. The highest BCUT2D eigenvalue weighted by molar-refractivity contribution is 5.94. The van der Waals surface area contributed by atoms with Crippen LogP contribution in [0.15, 0.2) is 18.2 Å². The molecule has 0 aromatic heterocycles. The third-order valence-electron chi connectivity index (χ3n) is 4.80.